The molecular weight excluding hydrogens is 304 g/mol. The highest BCUT2D eigenvalue weighted by Crippen LogP contribution is 2.50. The van der Waals surface area contributed by atoms with Crippen molar-refractivity contribution in [3.8, 4) is 0 Å². The van der Waals surface area contributed by atoms with E-state index in [0.717, 1.165) is 49.6 Å². The summed E-state index contributed by atoms with van der Waals surface area (Å²) in [5.74, 6) is 4.93. The highest BCUT2D eigenvalue weighted by molar-refractivity contribution is 5.39. The summed E-state index contributed by atoms with van der Waals surface area (Å²) < 4.78 is 8.19. The van der Waals surface area contributed by atoms with E-state index in [1.807, 2.05) is 6.92 Å². The summed E-state index contributed by atoms with van der Waals surface area (Å²) in [5, 5.41) is 17.3. The summed E-state index contributed by atoms with van der Waals surface area (Å²) in [6, 6.07) is 0. The first-order valence-corrected chi connectivity index (χ1v) is 9.11. The molecule has 0 aromatic carbocycles. The van der Waals surface area contributed by atoms with Gasteiger partial charge in [0.2, 0.25) is 17.7 Å². The van der Waals surface area contributed by atoms with Gasteiger partial charge in [-0.25, -0.2) is 0 Å². The van der Waals surface area contributed by atoms with Crippen LogP contribution in [0.5, 0.6) is 0 Å². The zero-order valence-corrected chi connectivity index (χ0v) is 14.4. The van der Waals surface area contributed by atoms with Gasteiger partial charge < -0.3 is 9.32 Å². The van der Waals surface area contributed by atoms with Gasteiger partial charge >= 0.3 is 0 Å². The summed E-state index contributed by atoms with van der Waals surface area (Å²) in [6.45, 7) is 6.93. The van der Waals surface area contributed by atoms with E-state index < -0.39 is 0 Å². The Hall–Kier alpha value is -1.92. The van der Waals surface area contributed by atoms with Gasteiger partial charge in [0.1, 0.15) is 5.82 Å². The number of anilines is 1. The number of aryl methyl sites for hydroxylation is 2. The molecule has 1 aliphatic heterocycles. The quantitative estimate of drug-likeness (QED) is 0.857. The third-order valence-electron chi connectivity index (χ3n) is 6.16. The van der Waals surface area contributed by atoms with Crippen LogP contribution in [0.15, 0.2) is 4.42 Å². The van der Waals surface area contributed by atoms with Crippen molar-refractivity contribution in [1.29, 1.82) is 0 Å². The topological polar surface area (TPSA) is 72.9 Å². The standard InChI is InChI=1S/C17H24N6O/c1-11-18-21-16(23(11)8-13-5-6-13)22-9-14-4-3-7-17(14,10-22)15-20-19-12(2)24-15/h13-14H,3-10H2,1-2H3/t14-,17-/m0/s1. The van der Waals surface area contributed by atoms with Crippen LogP contribution in [0.25, 0.3) is 0 Å². The second-order valence-electron chi connectivity index (χ2n) is 7.85. The molecule has 0 unspecified atom stereocenters. The van der Waals surface area contributed by atoms with Gasteiger partial charge in [-0.2, -0.15) is 0 Å². The first-order chi connectivity index (χ1) is 11.7. The molecule has 0 bridgehead atoms. The number of nitrogens with zero attached hydrogens (tertiary/aromatic N) is 6. The van der Waals surface area contributed by atoms with Gasteiger partial charge in [-0.3, -0.25) is 4.57 Å². The molecule has 3 aliphatic rings. The second kappa shape index (κ2) is 5.04. The van der Waals surface area contributed by atoms with Gasteiger partial charge in [-0.15, -0.1) is 20.4 Å². The molecule has 2 aliphatic carbocycles. The van der Waals surface area contributed by atoms with Crippen LogP contribution in [0.1, 0.15) is 49.7 Å². The molecule has 2 aromatic rings. The van der Waals surface area contributed by atoms with Crippen molar-refractivity contribution >= 4 is 5.95 Å². The Morgan fingerprint density at radius 1 is 1.12 bits per heavy atom. The van der Waals surface area contributed by atoms with E-state index in [0.29, 0.717) is 11.8 Å². The Kier molecular flexibility index (Phi) is 3.03. The average molecular weight is 328 g/mol. The fraction of sp³-hybridized carbons (Fsp3) is 0.765. The predicted octanol–water partition coefficient (Wildman–Crippen LogP) is 2.25. The summed E-state index contributed by atoms with van der Waals surface area (Å²) in [4.78, 5) is 2.41. The number of fused-ring (bicyclic) bond motifs is 1. The maximum Gasteiger partial charge on any atom is 0.227 e. The molecule has 1 saturated heterocycles. The van der Waals surface area contributed by atoms with E-state index in [-0.39, 0.29) is 5.41 Å². The van der Waals surface area contributed by atoms with E-state index in [1.165, 1.54) is 25.7 Å². The van der Waals surface area contributed by atoms with Gasteiger partial charge in [0.05, 0.1) is 5.41 Å². The van der Waals surface area contributed by atoms with Crippen molar-refractivity contribution in [1.82, 2.24) is 25.0 Å². The fourth-order valence-electron chi connectivity index (χ4n) is 4.67. The number of hydrogen-bond acceptors (Lipinski definition) is 6. The Balaban J connectivity index is 1.47. The molecule has 2 atom stereocenters. The van der Waals surface area contributed by atoms with Crippen LogP contribution in [0, 0.1) is 25.7 Å². The first-order valence-electron chi connectivity index (χ1n) is 9.11. The summed E-state index contributed by atoms with van der Waals surface area (Å²) in [5.41, 5.74) is 0.00548. The van der Waals surface area contributed by atoms with Crippen LogP contribution in [0.2, 0.25) is 0 Å². The molecule has 24 heavy (non-hydrogen) atoms. The number of rotatable bonds is 4. The van der Waals surface area contributed by atoms with Gasteiger partial charge in [0.25, 0.3) is 0 Å². The molecular formula is C17H24N6O. The van der Waals surface area contributed by atoms with Crippen molar-refractivity contribution in [2.24, 2.45) is 11.8 Å². The zero-order valence-electron chi connectivity index (χ0n) is 14.4. The molecule has 2 saturated carbocycles. The summed E-state index contributed by atoms with van der Waals surface area (Å²) in [7, 11) is 0. The lowest BCUT2D eigenvalue weighted by molar-refractivity contribution is 0.299. The van der Waals surface area contributed by atoms with Crippen LogP contribution in [-0.4, -0.2) is 38.1 Å². The van der Waals surface area contributed by atoms with Crippen LogP contribution in [0.3, 0.4) is 0 Å². The van der Waals surface area contributed by atoms with Crippen molar-refractivity contribution in [3.05, 3.63) is 17.6 Å². The van der Waals surface area contributed by atoms with E-state index in [1.54, 1.807) is 0 Å². The fourth-order valence-corrected chi connectivity index (χ4v) is 4.67. The molecule has 2 aromatic heterocycles. The first kappa shape index (κ1) is 14.4. The minimum absolute atomic E-state index is 0.00548. The van der Waals surface area contributed by atoms with E-state index in [9.17, 15) is 0 Å². The van der Waals surface area contributed by atoms with Crippen LogP contribution < -0.4 is 4.90 Å². The van der Waals surface area contributed by atoms with E-state index in [2.05, 4.69) is 36.8 Å². The lowest BCUT2D eigenvalue weighted by Crippen LogP contribution is -2.33. The molecule has 7 nitrogen and oxygen atoms in total. The molecule has 0 N–H and O–H groups in total. The van der Waals surface area contributed by atoms with Crippen LogP contribution in [0.4, 0.5) is 5.95 Å². The minimum Gasteiger partial charge on any atom is -0.425 e. The SMILES string of the molecule is Cc1nnc([C@]23CCC[C@H]2CN(c2nnc(C)n2CC2CC2)C3)o1. The largest absolute Gasteiger partial charge is 0.425 e. The Bertz CT molecular complexity index is 763. The molecule has 128 valence electrons. The summed E-state index contributed by atoms with van der Waals surface area (Å²) >= 11 is 0. The van der Waals surface area contributed by atoms with E-state index in [4.69, 9.17) is 4.42 Å². The van der Waals surface area contributed by atoms with Crippen LogP contribution in [-0.2, 0) is 12.0 Å². The predicted molar refractivity (Wildman–Crippen MR) is 87.8 cm³/mol. The van der Waals surface area contributed by atoms with Gasteiger partial charge in [0, 0.05) is 26.6 Å². The summed E-state index contributed by atoms with van der Waals surface area (Å²) in [6.07, 6.45) is 6.28. The number of hydrogen-bond donors (Lipinski definition) is 0. The molecule has 0 radical (unpaired) electrons. The third kappa shape index (κ3) is 2.09. The highest BCUT2D eigenvalue weighted by atomic mass is 16.4. The third-order valence-corrected chi connectivity index (χ3v) is 6.16. The molecule has 3 fully saturated rings. The molecule has 0 spiro atoms. The Labute approximate surface area is 141 Å². The lowest BCUT2D eigenvalue weighted by Gasteiger charge is -2.24. The number of aromatic nitrogens is 5. The average Bonchev–Trinajstić information content (AvgIpc) is 2.88. The van der Waals surface area contributed by atoms with Gasteiger partial charge in [-0.05, 0) is 44.4 Å². The normalized spacial score (nSPS) is 29.4. The lowest BCUT2D eigenvalue weighted by atomic mass is 9.80. The zero-order chi connectivity index (χ0) is 16.3. The molecule has 5 rings (SSSR count). The monoisotopic (exact) mass is 328 g/mol. The molecule has 0 amide bonds. The van der Waals surface area contributed by atoms with E-state index >= 15 is 0 Å². The molecule has 7 heteroatoms. The van der Waals surface area contributed by atoms with Crippen molar-refractivity contribution in [3.63, 3.8) is 0 Å². The minimum atomic E-state index is 0.00548. The van der Waals surface area contributed by atoms with Crippen molar-refractivity contribution in [2.75, 3.05) is 18.0 Å². The Morgan fingerprint density at radius 2 is 2.00 bits per heavy atom. The highest BCUT2D eigenvalue weighted by Gasteiger charge is 2.54. The maximum absolute atomic E-state index is 5.87. The maximum atomic E-state index is 5.87. The van der Waals surface area contributed by atoms with Crippen LogP contribution >= 0.6 is 0 Å². The van der Waals surface area contributed by atoms with Crippen molar-refractivity contribution < 1.29 is 4.42 Å². The molecule has 3 heterocycles. The Morgan fingerprint density at radius 3 is 2.75 bits per heavy atom. The van der Waals surface area contributed by atoms with Gasteiger partial charge in [0.15, 0.2) is 0 Å². The second-order valence-corrected chi connectivity index (χ2v) is 7.85. The van der Waals surface area contributed by atoms with Crippen molar-refractivity contribution in [2.45, 2.75) is 57.9 Å². The van der Waals surface area contributed by atoms with Gasteiger partial charge in [-0.1, -0.05) is 6.42 Å². The smallest absolute Gasteiger partial charge is 0.227 e.